The molecule has 0 atom stereocenters. The lowest BCUT2D eigenvalue weighted by Gasteiger charge is -2.19. The number of aromatic nitrogens is 4. The van der Waals surface area contributed by atoms with Crippen molar-refractivity contribution in [3.05, 3.63) is 30.0 Å². The molecule has 29 heavy (non-hydrogen) atoms. The summed E-state index contributed by atoms with van der Waals surface area (Å²) in [6, 6.07) is 0.862. The molecule has 2 heterocycles. The molecule has 1 amide bonds. The zero-order valence-electron chi connectivity index (χ0n) is 15.9. The van der Waals surface area contributed by atoms with Gasteiger partial charge >= 0.3 is 18.3 Å². The average Bonchev–Trinajstić information content (AvgIpc) is 2.63. The Morgan fingerprint density at radius 1 is 1.14 bits per heavy atom. The number of halogens is 4. The maximum absolute atomic E-state index is 12.6. The molecule has 158 valence electrons. The van der Waals surface area contributed by atoms with Crippen LogP contribution in [0.15, 0.2) is 18.5 Å². The monoisotopic (exact) mass is 417 g/mol. The summed E-state index contributed by atoms with van der Waals surface area (Å²) >= 11 is 0. The zero-order valence-corrected chi connectivity index (χ0v) is 15.9. The fourth-order valence-corrected chi connectivity index (χ4v) is 1.96. The second kappa shape index (κ2) is 8.97. The van der Waals surface area contributed by atoms with Gasteiger partial charge < -0.3 is 14.8 Å². The molecule has 1 N–H and O–H groups in total. The van der Waals surface area contributed by atoms with E-state index in [9.17, 15) is 22.4 Å². The SMILES string of the molecule is CC(C)(C)OC(=O)NCc1cc(-c2cnc(CF)nc2)nc(OCC(F)(F)F)n1. The highest BCUT2D eigenvalue weighted by molar-refractivity contribution is 5.67. The molecule has 12 heteroatoms. The van der Waals surface area contributed by atoms with Gasteiger partial charge in [0.1, 0.15) is 12.3 Å². The number of hydrogen-bond donors (Lipinski definition) is 1. The van der Waals surface area contributed by atoms with Crippen molar-refractivity contribution >= 4 is 6.09 Å². The minimum Gasteiger partial charge on any atom is -0.454 e. The van der Waals surface area contributed by atoms with Gasteiger partial charge in [-0.05, 0) is 26.8 Å². The summed E-state index contributed by atoms with van der Waals surface area (Å²) < 4.78 is 59.6. The highest BCUT2D eigenvalue weighted by Crippen LogP contribution is 2.21. The highest BCUT2D eigenvalue weighted by Gasteiger charge is 2.29. The van der Waals surface area contributed by atoms with E-state index in [4.69, 9.17) is 4.74 Å². The van der Waals surface area contributed by atoms with Crippen LogP contribution in [-0.2, 0) is 18.0 Å². The lowest BCUT2D eigenvalue weighted by atomic mass is 10.2. The average molecular weight is 417 g/mol. The Hall–Kier alpha value is -3.05. The normalized spacial score (nSPS) is 11.8. The van der Waals surface area contributed by atoms with E-state index >= 15 is 0 Å². The van der Waals surface area contributed by atoms with Gasteiger partial charge in [0.2, 0.25) is 0 Å². The van der Waals surface area contributed by atoms with Gasteiger partial charge in [-0.15, -0.1) is 0 Å². The van der Waals surface area contributed by atoms with Gasteiger partial charge in [0.15, 0.2) is 12.4 Å². The third kappa shape index (κ3) is 7.84. The molecule has 0 aromatic carbocycles. The summed E-state index contributed by atoms with van der Waals surface area (Å²) in [5.74, 6) is -0.0526. The van der Waals surface area contributed by atoms with Crippen LogP contribution in [0, 0.1) is 0 Å². The quantitative estimate of drug-likeness (QED) is 0.720. The molecular formula is C17H19F4N5O3. The standard InChI is InChI=1S/C17H19F4N5O3/c1-16(2,3)29-15(27)24-8-11-4-12(10-6-22-13(5-18)23-7-10)26-14(25-11)28-9-17(19,20)21/h4,6-7H,5,8-9H2,1-3H3,(H,24,27). The van der Waals surface area contributed by atoms with Gasteiger partial charge in [-0.3, -0.25) is 0 Å². The molecule has 0 saturated heterocycles. The van der Waals surface area contributed by atoms with E-state index in [1.165, 1.54) is 18.5 Å². The largest absolute Gasteiger partial charge is 0.454 e. The molecular weight excluding hydrogens is 398 g/mol. The molecule has 0 aliphatic heterocycles. The second-order valence-corrected chi connectivity index (χ2v) is 6.81. The number of hydrogen-bond acceptors (Lipinski definition) is 7. The second-order valence-electron chi connectivity index (χ2n) is 6.81. The number of carbonyl (C=O) groups is 1. The molecule has 2 aromatic rings. The summed E-state index contributed by atoms with van der Waals surface area (Å²) in [5.41, 5.74) is -0.117. The van der Waals surface area contributed by atoms with Crippen molar-refractivity contribution in [3.8, 4) is 17.3 Å². The van der Waals surface area contributed by atoms with Crippen molar-refractivity contribution < 1.29 is 31.8 Å². The van der Waals surface area contributed by atoms with Crippen LogP contribution in [-0.4, -0.2) is 44.4 Å². The highest BCUT2D eigenvalue weighted by atomic mass is 19.4. The number of nitrogens with zero attached hydrogens (tertiary/aromatic N) is 4. The predicted molar refractivity (Wildman–Crippen MR) is 92.5 cm³/mol. The summed E-state index contributed by atoms with van der Waals surface area (Å²) in [4.78, 5) is 27.1. The van der Waals surface area contributed by atoms with E-state index in [2.05, 4.69) is 30.0 Å². The number of alkyl carbamates (subject to hydrolysis) is 1. The van der Waals surface area contributed by atoms with E-state index in [-0.39, 0.29) is 23.8 Å². The van der Waals surface area contributed by atoms with Gasteiger partial charge in [-0.25, -0.2) is 19.2 Å². The van der Waals surface area contributed by atoms with E-state index < -0.39 is 37.2 Å². The Kier molecular flexibility index (Phi) is 6.88. The molecule has 0 radical (unpaired) electrons. The molecule has 8 nitrogen and oxygen atoms in total. The fourth-order valence-electron chi connectivity index (χ4n) is 1.96. The molecule has 0 fully saturated rings. The van der Waals surface area contributed by atoms with Crippen LogP contribution in [0.25, 0.3) is 11.3 Å². The Bertz CT molecular complexity index is 838. The topological polar surface area (TPSA) is 99.1 Å². The van der Waals surface area contributed by atoms with Crippen LogP contribution >= 0.6 is 0 Å². The van der Waals surface area contributed by atoms with Crippen molar-refractivity contribution in [1.29, 1.82) is 0 Å². The first-order valence-electron chi connectivity index (χ1n) is 8.37. The summed E-state index contributed by atoms with van der Waals surface area (Å²) in [7, 11) is 0. The first-order valence-corrected chi connectivity index (χ1v) is 8.37. The molecule has 0 aliphatic rings. The van der Waals surface area contributed by atoms with E-state index in [1.807, 2.05) is 0 Å². The van der Waals surface area contributed by atoms with E-state index in [0.29, 0.717) is 5.56 Å². The van der Waals surface area contributed by atoms with Gasteiger partial charge in [0, 0.05) is 18.0 Å². The first-order chi connectivity index (χ1) is 13.4. The number of alkyl halides is 4. The Balaban J connectivity index is 2.25. The van der Waals surface area contributed by atoms with Crippen LogP contribution in [0.5, 0.6) is 6.01 Å². The maximum Gasteiger partial charge on any atom is 0.422 e. The maximum atomic E-state index is 12.6. The van der Waals surface area contributed by atoms with Crippen LogP contribution in [0.3, 0.4) is 0 Å². The third-order valence-corrected chi connectivity index (χ3v) is 3.06. The summed E-state index contributed by atoms with van der Waals surface area (Å²) in [6.45, 7) is 2.43. The molecule has 2 aromatic heterocycles. The number of ether oxygens (including phenoxy) is 2. The molecule has 0 unspecified atom stereocenters. The van der Waals surface area contributed by atoms with Crippen LogP contribution in [0.2, 0.25) is 0 Å². The number of carbonyl (C=O) groups excluding carboxylic acids is 1. The fraction of sp³-hybridized carbons (Fsp3) is 0.471. The lowest BCUT2D eigenvalue weighted by molar-refractivity contribution is -0.154. The van der Waals surface area contributed by atoms with Gasteiger partial charge in [0.25, 0.3) is 0 Å². The summed E-state index contributed by atoms with van der Waals surface area (Å²) in [5, 5.41) is 2.44. The minimum absolute atomic E-state index is 0.0526. The van der Waals surface area contributed by atoms with Crippen molar-refractivity contribution in [3.63, 3.8) is 0 Å². The smallest absolute Gasteiger partial charge is 0.422 e. The Morgan fingerprint density at radius 3 is 2.34 bits per heavy atom. The van der Waals surface area contributed by atoms with Crippen LogP contribution in [0.1, 0.15) is 32.3 Å². The van der Waals surface area contributed by atoms with Crippen molar-refractivity contribution in [2.45, 2.75) is 45.8 Å². The van der Waals surface area contributed by atoms with E-state index in [1.54, 1.807) is 20.8 Å². The van der Waals surface area contributed by atoms with Gasteiger partial charge in [-0.1, -0.05) is 0 Å². The van der Waals surface area contributed by atoms with Crippen LogP contribution < -0.4 is 10.1 Å². The Morgan fingerprint density at radius 2 is 1.79 bits per heavy atom. The Labute approximate surface area is 163 Å². The number of nitrogens with one attached hydrogen (secondary N) is 1. The summed E-state index contributed by atoms with van der Waals surface area (Å²) in [6.07, 6.45) is -2.78. The molecule has 0 spiro atoms. The van der Waals surface area contributed by atoms with Gasteiger partial charge in [-0.2, -0.15) is 23.1 Å². The van der Waals surface area contributed by atoms with E-state index in [0.717, 1.165) is 0 Å². The van der Waals surface area contributed by atoms with Gasteiger partial charge in [0.05, 0.1) is 17.9 Å². The molecule has 0 saturated carbocycles. The lowest BCUT2D eigenvalue weighted by Crippen LogP contribution is -2.32. The number of rotatable bonds is 6. The minimum atomic E-state index is -4.58. The number of amides is 1. The third-order valence-electron chi connectivity index (χ3n) is 3.06. The zero-order chi connectivity index (χ0) is 21.7. The predicted octanol–water partition coefficient (Wildman–Crippen LogP) is 3.37. The van der Waals surface area contributed by atoms with Crippen molar-refractivity contribution in [2.24, 2.45) is 0 Å². The van der Waals surface area contributed by atoms with Crippen molar-refractivity contribution in [2.75, 3.05) is 6.61 Å². The van der Waals surface area contributed by atoms with Crippen LogP contribution in [0.4, 0.5) is 22.4 Å². The first kappa shape index (κ1) is 22.2. The molecule has 0 aliphatic carbocycles. The molecule has 2 rings (SSSR count). The van der Waals surface area contributed by atoms with Crippen molar-refractivity contribution in [1.82, 2.24) is 25.3 Å². The molecule has 0 bridgehead atoms.